The summed E-state index contributed by atoms with van der Waals surface area (Å²) in [6.07, 6.45) is 9.39. The highest BCUT2D eigenvalue weighted by Crippen LogP contribution is 2.36. The number of anilines is 1. The van der Waals surface area contributed by atoms with Gasteiger partial charge in [0.1, 0.15) is 6.67 Å². The molecule has 1 unspecified atom stereocenters. The maximum atomic E-state index is 12.3. The van der Waals surface area contributed by atoms with Crippen molar-refractivity contribution in [1.29, 1.82) is 0 Å². The fourth-order valence-corrected chi connectivity index (χ4v) is 3.64. The first-order valence-electron chi connectivity index (χ1n) is 10.6. The Bertz CT molecular complexity index is 890. The number of carbonyl (C=O) groups is 1. The molecule has 0 spiro atoms. The van der Waals surface area contributed by atoms with E-state index in [1.807, 2.05) is 38.8 Å². The molecular formula is C24H32FN3O3. The van der Waals surface area contributed by atoms with Crippen LogP contribution in [0, 0.1) is 16.0 Å². The van der Waals surface area contributed by atoms with Gasteiger partial charge in [0, 0.05) is 48.9 Å². The number of halogens is 1. The second-order valence-corrected chi connectivity index (χ2v) is 8.28. The van der Waals surface area contributed by atoms with Gasteiger partial charge in [-0.25, -0.2) is 4.39 Å². The average Bonchev–Trinajstić information content (AvgIpc) is 2.73. The smallest absolute Gasteiger partial charge is 0.270 e. The van der Waals surface area contributed by atoms with Crippen LogP contribution in [0.4, 0.5) is 15.8 Å². The van der Waals surface area contributed by atoms with Crippen molar-refractivity contribution in [3.63, 3.8) is 0 Å². The Morgan fingerprint density at radius 3 is 2.81 bits per heavy atom. The Kier molecular flexibility index (Phi) is 8.97. The molecule has 1 atom stereocenters. The van der Waals surface area contributed by atoms with Gasteiger partial charge in [0.15, 0.2) is 0 Å². The first-order chi connectivity index (χ1) is 14.7. The number of nitro benzene ring substituents is 1. The van der Waals surface area contributed by atoms with Crippen LogP contribution in [0.15, 0.2) is 48.1 Å². The van der Waals surface area contributed by atoms with Crippen molar-refractivity contribution in [3.05, 3.63) is 63.8 Å². The molecule has 0 saturated carbocycles. The molecule has 0 fully saturated rings. The molecule has 7 heteroatoms. The third-order valence-electron chi connectivity index (χ3n) is 5.28. The van der Waals surface area contributed by atoms with E-state index in [1.54, 1.807) is 18.2 Å². The number of alkyl halides is 1. The molecule has 1 amide bonds. The van der Waals surface area contributed by atoms with E-state index in [0.717, 1.165) is 35.2 Å². The van der Waals surface area contributed by atoms with Crippen molar-refractivity contribution in [2.24, 2.45) is 5.92 Å². The van der Waals surface area contributed by atoms with E-state index in [4.69, 9.17) is 0 Å². The van der Waals surface area contributed by atoms with E-state index in [2.05, 4.69) is 11.4 Å². The highest BCUT2D eigenvalue weighted by atomic mass is 19.1. The SMILES string of the molecule is C/C(=C\C=C/CF)CN(C)c1ccc([N+](=O)[O-])cc1C1=CCCC(NC(=O)C(C)C)C1. The van der Waals surface area contributed by atoms with Crippen LogP contribution in [0.1, 0.15) is 45.6 Å². The van der Waals surface area contributed by atoms with Crippen LogP contribution in [-0.2, 0) is 4.79 Å². The lowest BCUT2D eigenvalue weighted by Crippen LogP contribution is -2.38. The molecule has 0 aliphatic heterocycles. The Morgan fingerprint density at radius 1 is 1.42 bits per heavy atom. The van der Waals surface area contributed by atoms with Crippen LogP contribution in [-0.4, -0.2) is 37.1 Å². The number of carbonyl (C=O) groups excluding carboxylic acids is 1. The summed E-state index contributed by atoms with van der Waals surface area (Å²) in [5.74, 6) is -0.0696. The zero-order chi connectivity index (χ0) is 23.0. The average molecular weight is 430 g/mol. The topological polar surface area (TPSA) is 75.5 Å². The summed E-state index contributed by atoms with van der Waals surface area (Å²) in [5.41, 5.74) is 3.78. The number of hydrogen-bond donors (Lipinski definition) is 1. The van der Waals surface area contributed by atoms with Crippen LogP contribution >= 0.6 is 0 Å². The zero-order valence-electron chi connectivity index (χ0n) is 18.7. The van der Waals surface area contributed by atoms with E-state index in [0.29, 0.717) is 13.0 Å². The fraction of sp³-hybridized carbons (Fsp3) is 0.458. The van der Waals surface area contributed by atoms with E-state index < -0.39 is 6.67 Å². The van der Waals surface area contributed by atoms with Gasteiger partial charge in [-0.05, 0) is 37.8 Å². The number of hydrogen-bond acceptors (Lipinski definition) is 4. The van der Waals surface area contributed by atoms with Gasteiger partial charge in [0.05, 0.1) is 4.92 Å². The van der Waals surface area contributed by atoms with Crippen LogP contribution in [0.3, 0.4) is 0 Å². The molecule has 168 valence electrons. The maximum absolute atomic E-state index is 12.3. The van der Waals surface area contributed by atoms with Gasteiger partial charge < -0.3 is 10.2 Å². The number of allylic oxidation sites excluding steroid dienone is 4. The molecule has 31 heavy (non-hydrogen) atoms. The Balaban J connectivity index is 2.32. The molecule has 1 N–H and O–H groups in total. The molecule has 0 aromatic heterocycles. The van der Waals surface area contributed by atoms with Gasteiger partial charge in [0.25, 0.3) is 5.69 Å². The summed E-state index contributed by atoms with van der Waals surface area (Å²) in [4.78, 5) is 25.2. The Labute approximate surface area is 183 Å². The first kappa shape index (κ1) is 24.3. The van der Waals surface area contributed by atoms with Crippen molar-refractivity contribution >= 4 is 22.9 Å². The maximum Gasteiger partial charge on any atom is 0.270 e. The third-order valence-corrected chi connectivity index (χ3v) is 5.28. The second-order valence-electron chi connectivity index (χ2n) is 8.28. The van der Waals surface area contributed by atoms with Gasteiger partial charge in [-0.3, -0.25) is 14.9 Å². The summed E-state index contributed by atoms with van der Waals surface area (Å²) >= 11 is 0. The minimum atomic E-state index is -0.505. The lowest BCUT2D eigenvalue weighted by atomic mass is 9.88. The highest BCUT2D eigenvalue weighted by molar-refractivity contribution is 5.81. The molecule has 0 heterocycles. The second kappa shape index (κ2) is 11.4. The molecule has 0 saturated heterocycles. The molecule has 0 bridgehead atoms. The highest BCUT2D eigenvalue weighted by Gasteiger charge is 2.23. The van der Waals surface area contributed by atoms with Gasteiger partial charge in [-0.15, -0.1) is 0 Å². The van der Waals surface area contributed by atoms with E-state index in [-0.39, 0.29) is 28.5 Å². The standard InChI is InChI=1S/C24H32FN3O3/c1-17(2)24(29)26-20-10-7-9-19(14-20)22-15-21(28(30)31)11-12-23(22)27(4)16-18(3)8-5-6-13-25/h5-6,8-9,11-12,15,17,20H,7,10,13-14,16H2,1-4H3,(H,26,29)/b6-5-,18-8+. The summed E-state index contributed by atoms with van der Waals surface area (Å²) in [7, 11) is 1.93. The predicted molar refractivity (Wildman–Crippen MR) is 124 cm³/mol. The van der Waals surface area contributed by atoms with Gasteiger partial charge in [-0.1, -0.05) is 43.7 Å². The van der Waals surface area contributed by atoms with Gasteiger partial charge in [-0.2, -0.15) is 0 Å². The Morgan fingerprint density at radius 2 is 2.16 bits per heavy atom. The van der Waals surface area contributed by atoms with Crippen molar-refractivity contribution < 1.29 is 14.1 Å². The number of nitrogens with zero attached hydrogens (tertiary/aromatic N) is 2. The molecule has 6 nitrogen and oxygen atoms in total. The number of nitrogens with one attached hydrogen (secondary N) is 1. The number of nitro groups is 1. The lowest BCUT2D eigenvalue weighted by molar-refractivity contribution is -0.384. The van der Waals surface area contributed by atoms with Crippen LogP contribution in [0.2, 0.25) is 0 Å². The molecule has 1 aromatic carbocycles. The normalized spacial score (nSPS) is 17.0. The first-order valence-corrected chi connectivity index (χ1v) is 10.6. The third kappa shape index (κ3) is 7.05. The number of non-ortho nitro benzene ring substituents is 1. The summed E-state index contributed by atoms with van der Waals surface area (Å²) < 4.78 is 12.3. The van der Waals surface area contributed by atoms with Crippen molar-refractivity contribution in [3.8, 4) is 0 Å². The molecule has 1 aromatic rings. The van der Waals surface area contributed by atoms with E-state index >= 15 is 0 Å². The summed E-state index contributed by atoms with van der Waals surface area (Å²) in [5, 5.41) is 14.5. The molecular weight excluding hydrogens is 397 g/mol. The number of likely N-dealkylation sites (N-methyl/N-ethyl adjacent to an activating group) is 1. The van der Waals surface area contributed by atoms with Crippen LogP contribution in [0.5, 0.6) is 0 Å². The molecule has 1 aliphatic rings. The van der Waals surface area contributed by atoms with Crippen LogP contribution < -0.4 is 10.2 Å². The zero-order valence-corrected chi connectivity index (χ0v) is 18.7. The monoisotopic (exact) mass is 429 g/mol. The van der Waals surface area contributed by atoms with E-state index in [1.165, 1.54) is 12.1 Å². The number of amides is 1. The minimum Gasteiger partial charge on any atom is -0.370 e. The largest absolute Gasteiger partial charge is 0.370 e. The molecule has 0 radical (unpaired) electrons. The van der Waals surface area contributed by atoms with Crippen molar-refractivity contribution in [2.75, 3.05) is 25.2 Å². The number of rotatable bonds is 9. The summed E-state index contributed by atoms with van der Waals surface area (Å²) in [6.45, 7) is 5.78. The molecule has 2 rings (SSSR count). The lowest BCUT2D eigenvalue weighted by Gasteiger charge is -2.28. The van der Waals surface area contributed by atoms with Crippen LogP contribution in [0.25, 0.3) is 5.57 Å². The van der Waals surface area contributed by atoms with Crippen molar-refractivity contribution in [2.45, 2.75) is 46.1 Å². The Hall–Kier alpha value is -2.96. The van der Waals surface area contributed by atoms with Gasteiger partial charge >= 0.3 is 0 Å². The summed E-state index contributed by atoms with van der Waals surface area (Å²) in [6, 6.07) is 4.92. The minimum absolute atomic E-state index is 0.0137. The fourth-order valence-electron chi connectivity index (χ4n) is 3.64. The number of benzene rings is 1. The molecule has 1 aliphatic carbocycles. The van der Waals surface area contributed by atoms with Crippen molar-refractivity contribution in [1.82, 2.24) is 5.32 Å². The van der Waals surface area contributed by atoms with E-state index in [9.17, 15) is 19.3 Å². The predicted octanol–water partition coefficient (Wildman–Crippen LogP) is 5.21. The van der Waals surface area contributed by atoms with Gasteiger partial charge in [0.2, 0.25) is 5.91 Å². The quantitative estimate of drug-likeness (QED) is 0.332.